The Hall–Kier alpha value is -1.18. The molecule has 0 unspecified atom stereocenters. The van der Waals surface area contributed by atoms with Crippen molar-refractivity contribution in [2.45, 2.75) is 25.9 Å². The van der Waals surface area contributed by atoms with Crippen LogP contribution in [-0.4, -0.2) is 12.7 Å². The number of fused-ring (bicyclic) bond motifs is 1. The first-order valence-electron chi connectivity index (χ1n) is 4.72. The number of hydrogen-bond donors (Lipinski definition) is 0. The Labute approximate surface area is 84.8 Å². The summed E-state index contributed by atoms with van der Waals surface area (Å²) in [6.07, 6.45) is 4.11. The third-order valence-corrected chi connectivity index (χ3v) is 2.29. The molecule has 0 spiro atoms. The summed E-state index contributed by atoms with van der Waals surface area (Å²) in [6, 6.07) is 5.81. The Kier molecular flexibility index (Phi) is 2.14. The van der Waals surface area contributed by atoms with Gasteiger partial charge in [-0.05, 0) is 32.4 Å². The van der Waals surface area contributed by atoms with Crippen molar-refractivity contribution in [1.29, 1.82) is 0 Å². The van der Waals surface area contributed by atoms with Gasteiger partial charge in [0.1, 0.15) is 17.1 Å². The molecule has 1 aromatic rings. The molecule has 1 heterocycles. The number of hydrogen-bond acceptors (Lipinski definition) is 2. The highest BCUT2D eigenvalue weighted by atomic mass is 16.5. The molecule has 1 aliphatic heterocycles. The topological polar surface area (TPSA) is 18.5 Å². The van der Waals surface area contributed by atoms with Gasteiger partial charge in [0.2, 0.25) is 0 Å². The molecule has 2 heteroatoms. The molecule has 1 aromatic carbocycles. The summed E-state index contributed by atoms with van der Waals surface area (Å²) in [6.45, 7) is 4.12. The second-order valence-corrected chi connectivity index (χ2v) is 4.05. The van der Waals surface area contributed by atoms with Gasteiger partial charge in [-0.25, -0.2) is 0 Å². The molecule has 0 amide bonds. The van der Waals surface area contributed by atoms with E-state index in [1.165, 1.54) is 0 Å². The van der Waals surface area contributed by atoms with E-state index in [0.717, 1.165) is 23.5 Å². The quantitative estimate of drug-likeness (QED) is 0.677. The monoisotopic (exact) mass is 190 g/mol. The molecule has 0 saturated carbocycles. The highest BCUT2D eigenvalue weighted by molar-refractivity contribution is 5.51. The van der Waals surface area contributed by atoms with Crippen LogP contribution in [0.3, 0.4) is 0 Å². The van der Waals surface area contributed by atoms with Crippen molar-refractivity contribution in [3.8, 4) is 11.5 Å². The fourth-order valence-electron chi connectivity index (χ4n) is 1.58. The van der Waals surface area contributed by atoms with Crippen LogP contribution in [0.5, 0.6) is 11.5 Å². The van der Waals surface area contributed by atoms with Gasteiger partial charge < -0.3 is 9.47 Å². The van der Waals surface area contributed by atoms with Crippen LogP contribution in [0.1, 0.15) is 25.8 Å². The lowest BCUT2D eigenvalue weighted by Gasteiger charge is -2.32. The maximum absolute atomic E-state index is 5.82. The maximum Gasteiger partial charge on any atom is 0.127 e. The van der Waals surface area contributed by atoms with Crippen LogP contribution in [0.2, 0.25) is 0 Å². The summed E-state index contributed by atoms with van der Waals surface area (Å²) in [5, 5.41) is 0. The number of methoxy groups -OCH3 is 1. The lowest BCUT2D eigenvalue weighted by Crippen LogP contribution is -2.31. The van der Waals surface area contributed by atoms with Gasteiger partial charge in [-0.1, -0.05) is 6.07 Å². The molecule has 2 nitrogen and oxygen atoms in total. The zero-order valence-electron chi connectivity index (χ0n) is 8.76. The van der Waals surface area contributed by atoms with Crippen molar-refractivity contribution in [3.05, 3.63) is 30.2 Å². The molecule has 0 aliphatic carbocycles. The minimum absolute atomic E-state index is 0.153. The Morgan fingerprint density at radius 1 is 1.43 bits per heavy atom. The first-order chi connectivity index (χ1) is 6.62. The molecule has 14 heavy (non-hydrogen) atoms. The Morgan fingerprint density at radius 3 is 2.93 bits per heavy atom. The number of ether oxygens (including phenoxy) is 2. The average molecular weight is 190 g/mol. The van der Waals surface area contributed by atoms with Crippen LogP contribution < -0.4 is 9.47 Å². The van der Waals surface area contributed by atoms with Gasteiger partial charge >= 0.3 is 0 Å². The van der Waals surface area contributed by atoms with Gasteiger partial charge in [-0.15, -0.1) is 0 Å². The first kappa shape index (κ1) is 9.38. The molecule has 0 aromatic heterocycles. The van der Waals surface area contributed by atoms with Crippen molar-refractivity contribution in [3.63, 3.8) is 0 Å². The molecular weight excluding hydrogens is 176 g/mol. The number of benzene rings is 1. The first-order valence-corrected chi connectivity index (χ1v) is 4.72. The summed E-state index contributed by atoms with van der Waals surface area (Å²) in [4.78, 5) is 0. The molecule has 2 rings (SSSR count). The van der Waals surface area contributed by atoms with Crippen molar-refractivity contribution < 1.29 is 9.47 Å². The van der Waals surface area contributed by atoms with E-state index in [9.17, 15) is 0 Å². The normalized spacial score (nSPS) is 18.2. The smallest absolute Gasteiger partial charge is 0.127 e. The van der Waals surface area contributed by atoms with E-state index >= 15 is 0 Å². The van der Waals surface area contributed by atoms with Crippen molar-refractivity contribution in [1.82, 2.24) is 0 Å². The number of rotatable bonds is 1. The molecule has 0 bridgehead atoms. The van der Waals surface area contributed by atoms with Gasteiger partial charge in [0.25, 0.3) is 0 Å². The second kappa shape index (κ2) is 3.19. The van der Waals surface area contributed by atoms with E-state index < -0.39 is 0 Å². The van der Waals surface area contributed by atoms with E-state index in [0.29, 0.717) is 0 Å². The second-order valence-electron chi connectivity index (χ2n) is 4.05. The van der Waals surface area contributed by atoms with Crippen molar-refractivity contribution >= 4 is 0 Å². The van der Waals surface area contributed by atoms with Gasteiger partial charge in [-0.3, -0.25) is 0 Å². The highest BCUT2D eigenvalue weighted by Crippen LogP contribution is 2.38. The Balaban J connectivity index is 2.40. The van der Waals surface area contributed by atoms with Crippen LogP contribution in [0.15, 0.2) is 18.2 Å². The van der Waals surface area contributed by atoms with Crippen LogP contribution in [-0.2, 0) is 0 Å². The van der Waals surface area contributed by atoms with Gasteiger partial charge in [0.15, 0.2) is 0 Å². The summed E-state index contributed by atoms with van der Waals surface area (Å²) in [7, 11) is 1.66. The summed E-state index contributed by atoms with van der Waals surface area (Å²) < 4.78 is 11.1. The third kappa shape index (κ3) is 1.57. The molecular formula is C12H14O2. The SMILES string of the molecule is COc1cccc2c1[C]CC(C)(C)O2. The molecule has 2 radical (unpaired) electrons. The van der Waals surface area contributed by atoms with Crippen LogP contribution >= 0.6 is 0 Å². The highest BCUT2D eigenvalue weighted by Gasteiger charge is 2.28. The summed E-state index contributed by atoms with van der Waals surface area (Å²) >= 11 is 0. The molecule has 0 saturated heterocycles. The van der Waals surface area contributed by atoms with Gasteiger partial charge in [0.05, 0.1) is 7.11 Å². The molecule has 74 valence electrons. The largest absolute Gasteiger partial charge is 0.496 e. The zero-order valence-corrected chi connectivity index (χ0v) is 8.76. The molecule has 0 N–H and O–H groups in total. The summed E-state index contributed by atoms with van der Waals surface area (Å²) in [5.41, 5.74) is 0.800. The third-order valence-electron chi connectivity index (χ3n) is 2.29. The summed E-state index contributed by atoms with van der Waals surface area (Å²) in [5.74, 6) is 1.69. The molecule has 1 aliphatic rings. The fraction of sp³-hybridized carbons (Fsp3) is 0.417. The van der Waals surface area contributed by atoms with Gasteiger partial charge in [-0.2, -0.15) is 0 Å². The minimum atomic E-state index is -0.153. The average Bonchev–Trinajstić information content (AvgIpc) is 2.15. The standard InChI is InChI=1S/C12H14O2/c1-12(2)8-7-9-10(13-3)5-4-6-11(9)14-12/h4-6H,8H2,1-3H3. The Bertz CT molecular complexity index is 342. The lowest BCUT2D eigenvalue weighted by atomic mass is 9.94. The van der Waals surface area contributed by atoms with Gasteiger partial charge in [0, 0.05) is 12.0 Å². The van der Waals surface area contributed by atoms with E-state index in [-0.39, 0.29) is 5.60 Å². The lowest BCUT2D eigenvalue weighted by molar-refractivity contribution is 0.0979. The predicted octanol–water partition coefficient (Wildman–Crippen LogP) is 2.69. The zero-order chi connectivity index (χ0) is 10.2. The van der Waals surface area contributed by atoms with Crippen molar-refractivity contribution in [2.24, 2.45) is 0 Å². The van der Waals surface area contributed by atoms with E-state index in [2.05, 4.69) is 20.3 Å². The Morgan fingerprint density at radius 2 is 2.21 bits per heavy atom. The maximum atomic E-state index is 5.82. The van der Waals surface area contributed by atoms with Crippen LogP contribution in [0.25, 0.3) is 0 Å². The van der Waals surface area contributed by atoms with E-state index in [4.69, 9.17) is 9.47 Å². The molecule has 0 fully saturated rings. The predicted molar refractivity (Wildman–Crippen MR) is 54.7 cm³/mol. The van der Waals surface area contributed by atoms with E-state index in [1.54, 1.807) is 7.11 Å². The van der Waals surface area contributed by atoms with Crippen LogP contribution in [0.4, 0.5) is 0 Å². The van der Waals surface area contributed by atoms with Crippen LogP contribution in [0, 0.1) is 6.42 Å². The minimum Gasteiger partial charge on any atom is -0.496 e. The molecule has 0 atom stereocenters. The fourth-order valence-corrected chi connectivity index (χ4v) is 1.58. The van der Waals surface area contributed by atoms with E-state index in [1.807, 2.05) is 18.2 Å². The van der Waals surface area contributed by atoms with Crippen molar-refractivity contribution in [2.75, 3.05) is 7.11 Å².